The first kappa shape index (κ1) is 17.0. The number of esters is 1. The van der Waals surface area contributed by atoms with Crippen LogP contribution in [0.3, 0.4) is 0 Å². The van der Waals surface area contributed by atoms with Gasteiger partial charge in [-0.15, -0.1) is 0 Å². The fourth-order valence-electron chi connectivity index (χ4n) is 1.89. The Labute approximate surface area is 127 Å². The van der Waals surface area contributed by atoms with Gasteiger partial charge in [0.05, 0.1) is 13.7 Å². The predicted molar refractivity (Wildman–Crippen MR) is 86.4 cm³/mol. The lowest BCUT2D eigenvalue weighted by atomic mass is 10.0. The monoisotopic (exact) mass is 288 g/mol. The van der Waals surface area contributed by atoms with Crippen molar-refractivity contribution in [3.05, 3.63) is 47.6 Å². The smallest absolute Gasteiger partial charge is 0.330 e. The van der Waals surface area contributed by atoms with E-state index in [1.165, 1.54) is 6.08 Å². The van der Waals surface area contributed by atoms with Gasteiger partial charge in [-0.25, -0.2) is 4.79 Å². The molecule has 1 aromatic carbocycles. The summed E-state index contributed by atoms with van der Waals surface area (Å²) in [7, 11) is 1.65. The summed E-state index contributed by atoms with van der Waals surface area (Å²) in [6.07, 6.45) is 5.88. The molecule has 114 valence electrons. The van der Waals surface area contributed by atoms with E-state index >= 15 is 0 Å². The van der Waals surface area contributed by atoms with Crippen molar-refractivity contribution in [2.75, 3.05) is 13.7 Å². The first-order valence-corrected chi connectivity index (χ1v) is 7.23. The second kappa shape index (κ2) is 9.01. The van der Waals surface area contributed by atoms with Crippen molar-refractivity contribution in [3.63, 3.8) is 0 Å². The van der Waals surface area contributed by atoms with Crippen LogP contribution in [0.1, 0.15) is 37.8 Å². The second-order valence-electron chi connectivity index (χ2n) is 5.06. The summed E-state index contributed by atoms with van der Waals surface area (Å²) < 4.78 is 10.4. The molecule has 0 saturated heterocycles. The number of methoxy groups -OCH3 is 1. The summed E-state index contributed by atoms with van der Waals surface area (Å²) in [5.74, 6) is 0.529. The molecule has 0 heterocycles. The van der Waals surface area contributed by atoms with Crippen LogP contribution in [0, 0.1) is 0 Å². The first-order chi connectivity index (χ1) is 10.1. The zero-order valence-electron chi connectivity index (χ0n) is 13.1. The lowest BCUT2D eigenvalue weighted by Gasteiger charge is -2.09. The number of rotatable bonds is 8. The van der Waals surface area contributed by atoms with E-state index in [4.69, 9.17) is 9.47 Å². The van der Waals surface area contributed by atoms with Crippen molar-refractivity contribution in [2.24, 2.45) is 0 Å². The molecule has 0 radical (unpaired) electrons. The Morgan fingerprint density at radius 3 is 2.76 bits per heavy atom. The maximum absolute atomic E-state index is 11.5. The van der Waals surface area contributed by atoms with Gasteiger partial charge in [0, 0.05) is 6.08 Å². The predicted octanol–water partition coefficient (Wildman–Crippen LogP) is 4.17. The summed E-state index contributed by atoms with van der Waals surface area (Å²) in [5, 5.41) is 0. The van der Waals surface area contributed by atoms with Gasteiger partial charge in [0.1, 0.15) is 5.75 Å². The summed E-state index contributed by atoms with van der Waals surface area (Å²) in [6, 6.07) is 5.82. The first-order valence-electron chi connectivity index (χ1n) is 7.23. The number of unbranched alkanes of at least 4 members (excludes halogenated alkanes) is 1. The van der Waals surface area contributed by atoms with Crippen LogP contribution < -0.4 is 4.74 Å². The molecular weight excluding hydrogens is 264 g/mol. The third-order valence-corrected chi connectivity index (χ3v) is 2.95. The van der Waals surface area contributed by atoms with Crippen LogP contribution >= 0.6 is 0 Å². The number of ether oxygens (including phenoxy) is 2. The molecule has 0 amide bonds. The van der Waals surface area contributed by atoms with Crippen LogP contribution in [0.2, 0.25) is 0 Å². The molecule has 0 aromatic heterocycles. The highest BCUT2D eigenvalue weighted by molar-refractivity contribution is 5.87. The average molecular weight is 288 g/mol. The van der Waals surface area contributed by atoms with E-state index in [-0.39, 0.29) is 5.97 Å². The normalized spacial score (nSPS) is 10.6. The van der Waals surface area contributed by atoms with E-state index in [9.17, 15) is 4.79 Å². The summed E-state index contributed by atoms with van der Waals surface area (Å²) >= 11 is 0. The zero-order valence-corrected chi connectivity index (χ0v) is 13.1. The molecule has 0 atom stereocenters. The van der Waals surface area contributed by atoms with Crippen LogP contribution in [0.25, 0.3) is 6.08 Å². The Hall–Kier alpha value is -2.03. The molecule has 1 rings (SSSR count). The van der Waals surface area contributed by atoms with Crippen LogP contribution in [0.5, 0.6) is 5.75 Å². The number of benzene rings is 1. The van der Waals surface area contributed by atoms with E-state index < -0.39 is 0 Å². The standard InChI is InChI=1S/C18H24O3/c1-5-6-11-21-18(19)10-8-15-7-9-17(20-4)16(13-15)12-14(2)3/h7-10,13H,2,5-6,11-12H2,1,3-4H3. The van der Waals surface area contributed by atoms with Gasteiger partial charge < -0.3 is 9.47 Å². The maximum atomic E-state index is 11.5. The van der Waals surface area contributed by atoms with Crippen molar-refractivity contribution in [2.45, 2.75) is 33.1 Å². The summed E-state index contributed by atoms with van der Waals surface area (Å²) in [5.41, 5.74) is 3.07. The topological polar surface area (TPSA) is 35.5 Å². The van der Waals surface area contributed by atoms with E-state index in [2.05, 4.69) is 13.5 Å². The van der Waals surface area contributed by atoms with Gasteiger partial charge in [0.2, 0.25) is 0 Å². The minimum atomic E-state index is -0.305. The minimum Gasteiger partial charge on any atom is -0.496 e. The molecule has 0 unspecified atom stereocenters. The molecule has 3 nitrogen and oxygen atoms in total. The molecule has 0 aliphatic rings. The number of carbonyl (C=O) groups is 1. The average Bonchev–Trinajstić information content (AvgIpc) is 2.45. The molecule has 0 bridgehead atoms. The third-order valence-electron chi connectivity index (χ3n) is 2.95. The SMILES string of the molecule is C=C(C)Cc1cc(C=CC(=O)OCCCC)ccc1OC. The number of hydrogen-bond acceptors (Lipinski definition) is 3. The van der Waals surface area contributed by atoms with Crippen molar-refractivity contribution in [1.82, 2.24) is 0 Å². The molecule has 0 N–H and O–H groups in total. The Morgan fingerprint density at radius 1 is 1.38 bits per heavy atom. The molecular formula is C18H24O3. The van der Waals surface area contributed by atoms with Crippen molar-refractivity contribution in [1.29, 1.82) is 0 Å². The van der Waals surface area contributed by atoms with Gasteiger partial charge in [-0.2, -0.15) is 0 Å². The van der Waals surface area contributed by atoms with Crippen molar-refractivity contribution < 1.29 is 14.3 Å². The molecule has 0 fully saturated rings. The molecule has 21 heavy (non-hydrogen) atoms. The Kier molecular flexibility index (Phi) is 7.30. The fourth-order valence-corrected chi connectivity index (χ4v) is 1.89. The van der Waals surface area contributed by atoms with Crippen LogP contribution in [-0.2, 0) is 16.0 Å². The highest BCUT2D eigenvalue weighted by Gasteiger charge is 2.04. The lowest BCUT2D eigenvalue weighted by Crippen LogP contribution is -2.01. The Morgan fingerprint density at radius 2 is 2.14 bits per heavy atom. The van der Waals surface area contributed by atoms with E-state index in [0.717, 1.165) is 41.7 Å². The minimum absolute atomic E-state index is 0.305. The van der Waals surface area contributed by atoms with Gasteiger partial charge in [0.25, 0.3) is 0 Å². The number of allylic oxidation sites excluding steroid dienone is 1. The van der Waals surface area contributed by atoms with E-state index in [1.807, 2.05) is 25.1 Å². The van der Waals surface area contributed by atoms with E-state index in [1.54, 1.807) is 13.2 Å². The van der Waals surface area contributed by atoms with Crippen LogP contribution in [-0.4, -0.2) is 19.7 Å². The highest BCUT2D eigenvalue weighted by Crippen LogP contribution is 2.23. The van der Waals surface area contributed by atoms with Crippen LogP contribution in [0.15, 0.2) is 36.4 Å². The summed E-state index contributed by atoms with van der Waals surface area (Å²) in [6.45, 7) is 8.44. The van der Waals surface area contributed by atoms with Gasteiger partial charge in [-0.3, -0.25) is 0 Å². The van der Waals surface area contributed by atoms with E-state index in [0.29, 0.717) is 6.61 Å². The van der Waals surface area contributed by atoms with Gasteiger partial charge in [-0.1, -0.05) is 31.6 Å². The molecule has 0 spiro atoms. The zero-order chi connectivity index (χ0) is 15.7. The second-order valence-corrected chi connectivity index (χ2v) is 5.06. The molecule has 3 heteroatoms. The highest BCUT2D eigenvalue weighted by atomic mass is 16.5. The maximum Gasteiger partial charge on any atom is 0.330 e. The summed E-state index contributed by atoms with van der Waals surface area (Å²) in [4.78, 5) is 11.5. The van der Waals surface area contributed by atoms with Gasteiger partial charge in [0.15, 0.2) is 0 Å². The fraction of sp³-hybridized carbons (Fsp3) is 0.389. The number of carbonyl (C=O) groups excluding carboxylic acids is 1. The van der Waals surface area contributed by atoms with Gasteiger partial charge >= 0.3 is 5.97 Å². The number of hydrogen-bond donors (Lipinski definition) is 0. The van der Waals surface area contributed by atoms with Crippen molar-refractivity contribution >= 4 is 12.0 Å². The lowest BCUT2D eigenvalue weighted by molar-refractivity contribution is -0.137. The largest absolute Gasteiger partial charge is 0.496 e. The molecule has 0 aliphatic heterocycles. The van der Waals surface area contributed by atoms with Gasteiger partial charge in [-0.05, 0) is 49.1 Å². The molecule has 1 aromatic rings. The van der Waals surface area contributed by atoms with Crippen molar-refractivity contribution in [3.8, 4) is 5.75 Å². The Bertz CT molecular complexity index is 515. The Balaban J connectivity index is 2.74. The third kappa shape index (κ3) is 6.30. The molecule has 0 saturated carbocycles. The molecule has 0 aliphatic carbocycles. The van der Waals surface area contributed by atoms with Crippen LogP contribution in [0.4, 0.5) is 0 Å². The quantitative estimate of drug-likeness (QED) is 0.312.